The Hall–Kier alpha value is -1.95. The molecule has 5 nitrogen and oxygen atoms in total. The molecule has 0 unspecified atom stereocenters. The first-order chi connectivity index (χ1) is 10.7. The van der Waals surface area contributed by atoms with Gasteiger partial charge in [-0.05, 0) is 54.9 Å². The first kappa shape index (κ1) is 16.4. The Balaban J connectivity index is 2.08. The molecule has 0 aliphatic rings. The van der Waals surface area contributed by atoms with E-state index in [9.17, 15) is 0 Å². The molecule has 22 heavy (non-hydrogen) atoms. The number of benzene rings is 1. The summed E-state index contributed by atoms with van der Waals surface area (Å²) in [5.74, 6) is 1.74. The Morgan fingerprint density at radius 3 is 2.73 bits per heavy atom. The van der Waals surface area contributed by atoms with Crippen molar-refractivity contribution in [2.75, 3.05) is 6.61 Å². The first-order valence-corrected chi connectivity index (χ1v) is 8.09. The summed E-state index contributed by atoms with van der Waals surface area (Å²) in [5, 5.41) is 11.5. The molecule has 0 atom stereocenters. The molecule has 6 heteroatoms. The molecular weight excluding hydrogens is 296 g/mol. The van der Waals surface area contributed by atoms with E-state index in [4.69, 9.17) is 17.0 Å². The number of ether oxygens (including phenoxy) is 1. The number of nitrogens with zero attached hydrogens (tertiary/aromatic N) is 3. The van der Waals surface area contributed by atoms with Gasteiger partial charge in [-0.15, -0.1) is 0 Å². The van der Waals surface area contributed by atoms with Gasteiger partial charge in [0.05, 0.1) is 12.8 Å². The lowest BCUT2D eigenvalue weighted by molar-refractivity contribution is 0.317. The number of hydrogen-bond acceptors (Lipinski definition) is 4. The van der Waals surface area contributed by atoms with E-state index in [-0.39, 0.29) is 0 Å². The van der Waals surface area contributed by atoms with Crippen LogP contribution in [0.5, 0.6) is 5.75 Å². The first-order valence-electron chi connectivity index (χ1n) is 7.68. The van der Waals surface area contributed by atoms with E-state index < -0.39 is 0 Å². The van der Waals surface area contributed by atoms with E-state index in [2.05, 4.69) is 29.1 Å². The van der Waals surface area contributed by atoms with Gasteiger partial charge in [-0.2, -0.15) is 14.9 Å². The number of aryl methyl sites for hydroxylation is 1. The van der Waals surface area contributed by atoms with Gasteiger partial charge in [0.2, 0.25) is 4.77 Å². The van der Waals surface area contributed by atoms with Crippen LogP contribution in [0.15, 0.2) is 29.4 Å². The Morgan fingerprint density at radius 1 is 1.27 bits per heavy atom. The van der Waals surface area contributed by atoms with Crippen LogP contribution in [-0.2, 0) is 6.42 Å². The molecule has 0 fully saturated rings. The fraction of sp³-hybridized carbons (Fsp3) is 0.438. The molecule has 0 aliphatic carbocycles. The second-order valence-electron chi connectivity index (χ2n) is 5.02. The maximum Gasteiger partial charge on any atom is 0.216 e. The summed E-state index contributed by atoms with van der Waals surface area (Å²) in [4.78, 5) is 0. The summed E-state index contributed by atoms with van der Waals surface area (Å²) in [6.45, 7) is 4.97. The van der Waals surface area contributed by atoms with Crippen LogP contribution in [0.25, 0.3) is 0 Å². The molecule has 118 valence electrons. The minimum Gasteiger partial charge on any atom is -0.494 e. The predicted molar refractivity (Wildman–Crippen MR) is 91.2 cm³/mol. The molecule has 0 aliphatic heterocycles. The Morgan fingerprint density at radius 2 is 2.05 bits per heavy atom. The average Bonchev–Trinajstić information content (AvgIpc) is 2.90. The summed E-state index contributed by atoms with van der Waals surface area (Å²) in [6.07, 6.45) is 5.83. The molecule has 2 rings (SSSR count). The van der Waals surface area contributed by atoms with Crippen molar-refractivity contribution in [3.05, 3.63) is 40.4 Å². The van der Waals surface area contributed by atoms with Crippen molar-refractivity contribution in [2.24, 2.45) is 5.10 Å². The van der Waals surface area contributed by atoms with Crippen LogP contribution in [0.2, 0.25) is 0 Å². The van der Waals surface area contributed by atoms with Crippen molar-refractivity contribution >= 4 is 18.4 Å². The van der Waals surface area contributed by atoms with Crippen LogP contribution in [0.3, 0.4) is 0 Å². The van der Waals surface area contributed by atoms with E-state index in [1.54, 1.807) is 10.9 Å². The topological polar surface area (TPSA) is 55.2 Å². The van der Waals surface area contributed by atoms with Crippen molar-refractivity contribution in [3.63, 3.8) is 0 Å². The zero-order chi connectivity index (χ0) is 15.8. The Kier molecular flexibility index (Phi) is 6.33. The molecule has 2 aromatic rings. The SMILES string of the molecule is CCCCc1n[nH]c(=S)n1/N=C\c1ccc(OCCC)cc1. The number of H-pyrrole nitrogens is 1. The highest BCUT2D eigenvalue weighted by Crippen LogP contribution is 2.11. The van der Waals surface area contributed by atoms with Gasteiger partial charge in [0.1, 0.15) is 5.75 Å². The van der Waals surface area contributed by atoms with E-state index >= 15 is 0 Å². The standard InChI is InChI=1S/C16H22N4OS/c1-3-5-6-15-18-19-16(22)20(15)17-12-13-7-9-14(10-8-13)21-11-4-2/h7-10,12H,3-6,11H2,1-2H3,(H,19,22)/b17-12-. The number of unbranched alkanes of at least 4 members (excludes halogenated alkanes) is 1. The van der Waals surface area contributed by atoms with Crippen molar-refractivity contribution in [2.45, 2.75) is 39.5 Å². The summed E-state index contributed by atoms with van der Waals surface area (Å²) in [7, 11) is 0. The minimum atomic E-state index is 0.519. The van der Waals surface area contributed by atoms with E-state index in [0.717, 1.165) is 49.4 Å². The van der Waals surface area contributed by atoms with Crippen LogP contribution >= 0.6 is 12.2 Å². The summed E-state index contributed by atoms with van der Waals surface area (Å²) >= 11 is 5.22. The zero-order valence-corrected chi connectivity index (χ0v) is 13.9. The van der Waals surface area contributed by atoms with Gasteiger partial charge in [-0.3, -0.25) is 5.10 Å². The Labute approximate surface area is 136 Å². The van der Waals surface area contributed by atoms with E-state index in [1.807, 2.05) is 24.3 Å². The van der Waals surface area contributed by atoms with Crippen molar-refractivity contribution in [3.8, 4) is 5.75 Å². The molecule has 1 heterocycles. The average molecular weight is 318 g/mol. The highest BCUT2D eigenvalue weighted by Gasteiger charge is 2.03. The van der Waals surface area contributed by atoms with E-state index in [1.165, 1.54) is 0 Å². The second kappa shape index (κ2) is 8.48. The summed E-state index contributed by atoms with van der Waals surface area (Å²) < 4.78 is 7.77. The van der Waals surface area contributed by atoms with Gasteiger partial charge >= 0.3 is 0 Å². The van der Waals surface area contributed by atoms with Gasteiger partial charge in [0, 0.05) is 6.42 Å². The smallest absolute Gasteiger partial charge is 0.216 e. The number of rotatable bonds is 8. The van der Waals surface area contributed by atoms with Gasteiger partial charge in [-0.25, -0.2) is 0 Å². The zero-order valence-electron chi connectivity index (χ0n) is 13.1. The summed E-state index contributed by atoms with van der Waals surface area (Å²) in [5.41, 5.74) is 0.994. The van der Waals surface area contributed by atoms with Gasteiger partial charge in [0.25, 0.3) is 0 Å². The molecule has 1 N–H and O–H groups in total. The molecular formula is C16H22N4OS. The molecule has 0 saturated carbocycles. The number of hydrogen-bond donors (Lipinski definition) is 1. The van der Waals surface area contributed by atoms with Gasteiger partial charge in [-0.1, -0.05) is 20.3 Å². The third kappa shape index (κ3) is 4.53. The molecule has 0 bridgehead atoms. The lowest BCUT2D eigenvalue weighted by atomic mass is 10.2. The monoisotopic (exact) mass is 318 g/mol. The summed E-state index contributed by atoms with van der Waals surface area (Å²) in [6, 6.07) is 7.85. The van der Waals surface area contributed by atoms with Crippen LogP contribution in [0.4, 0.5) is 0 Å². The number of nitrogens with one attached hydrogen (secondary N) is 1. The van der Waals surface area contributed by atoms with Crippen molar-refractivity contribution < 1.29 is 4.74 Å². The third-order valence-electron chi connectivity index (χ3n) is 3.15. The van der Waals surface area contributed by atoms with Crippen LogP contribution in [-0.4, -0.2) is 27.7 Å². The van der Waals surface area contributed by atoms with Crippen molar-refractivity contribution in [1.82, 2.24) is 14.9 Å². The molecule has 0 saturated heterocycles. The quantitative estimate of drug-likeness (QED) is 0.592. The highest BCUT2D eigenvalue weighted by atomic mass is 32.1. The number of aromatic amines is 1. The molecule has 1 aromatic heterocycles. The highest BCUT2D eigenvalue weighted by molar-refractivity contribution is 7.71. The minimum absolute atomic E-state index is 0.519. The maximum atomic E-state index is 5.56. The fourth-order valence-electron chi connectivity index (χ4n) is 1.93. The largest absolute Gasteiger partial charge is 0.494 e. The second-order valence-corrected chi connectivity index (χ2v) is 5.41. The Bertz CT molecular complexity index is 658. The lowest BCUT2D eigenvalue weighted by Gasteiger charge is -2.04. The third-order valence-corrected chi connectivity index (χ3v) is 3.41. The molecule has 0 radical (unpaired) electrons. The van der Waals surface area contributed by atoms with Crippen LogP contribution in [0, 0.1) is 4.77 Å². The molecule has 1 aromatic carbocycles. The van der Waals surface area contributed by atoms with Crippen LogP contribution < -0.4 is 4.74 Å². The fourth-order valence-corrected chi connectivity index (χ4v) is 2.13. The molecule has 0 amide bonds. The lowest BCUT2D eigenvalue weighted by Crippen LogP contribution is -1.99. The van der Waals surface area contributed by atoms with Crippen LogP contribution in [0.1, 0.15) is 44.5 Å². The van der Waals surface area contributed by atoms with E-state index in [0.29, 0.717) is 4.77 Å². The van der Waals surface area contributed by atoms with Crippen molar-refractivity contribution in [1.29, 1.82) is 0 Å². The molecule has 0 spiro atoms. The number of aromatic nitrogens is 3. The maximum absolute atomic E-state index is 5.56. The predicted octanol–water partition coefficient (Wildman–Crippen LogP) is 3.95. The normalized spacial score (nSPS) is 11.2. The van der Waals surface area contributed by atoms with Gasteiger partial charge < -0.3 is 4.74 Å². The van der Waals surface area contributed by atoms with Gasteiger partial charge in [0.15, 0.2) is 5.82 Å².